The van der Waals surface area contributed by atoms with E-state index >= 15 is 0 Å². The van der Waals surface area contributed by atoms with Crippen LogP contribution >= 0.6 is 0 Å². The fourth-order valence-electron chi connectivity index (χ4n) is 2.49. The Kier molecular flexibility index (Phi) is 5.85. The molecular weight excluding hydrogens is 336 g/mol. The molecule has 0 aromatic heterocycles. The van der Waals surface area contributed by atoms with Crippen molar-refractivity contribution in [3.8, 4) is 0 Å². The first-order valence-corrected chi connectivity index (χ1v) is 9.68. The second kappa shape index (κ2) is 7.70. The van der Waals surface area contributed by atoms with Crippen LogP contribution in [0.2, 0.25) is 0 Å². The van der Waals surface area contributed by atoms with Gasteiger partial charge in [-0.25, -0.2) is 13.1 Å². The van der Waals surface area contributed by atoms with Crippen LogP contribution in [0, 0.1) is 5.92 Å². The molecule has 0 unspecified atom stereocenters. The number of anilines is 1. The molecule has 134 valence electrons. The van der Waals surface area contributed by atoms with Crippen molar-refractivity contribution in [2.24, 2.45) is 5.92 Å². The molecule has 0 aliphatic carbocycles. The summed E-state index contributed by atoms with van der Waals surface area (Å²) in [6.45, 7) is 5.98. The minimum atomic E-state index is -3.91. The molecule has 5 nitrogen and oxygen atoms in total. The van der Waals surface area contributed by atoms with E-state index in [1.807, 2.05) is 24.3 Å². The summed E-state index contributed by atoms with van der Waals surface area (Å²) >= 11 is 0. The van der Waals surface area contributed by atoms with E-state index in [4.69, 9.17) is 5.73 Å². The molecule has 0 fully saturated rings. The first-order valence-electron chi connectivity index (χ1n) is 8.20. The molecule has 2 aromatic rings. The normalized spacial score (nSPS) is 12.8. The van der Waals surface area contributed by atoms with Crippen LogP contribution in [-0.2, 0) is 21.2 Å². The zero-order chi connectivity index (χ0) is 18.6. The van der Waals surface area contributed by atoms with E-state index in [1.54, 1.807) is 6.92 Å². The molecular formula is C19H24N2O3S. The molecule has 0 spiro atoms. The van der Waals surface area contributed by atoms with E-state index in [0.717, 1.165) is 12.0 Å². The molecule has 0 bridgehead atoms. The van der Waals surface area contributed by atoms with Gasteiger partial charge in [-0.1, -0.05) is 38.1 Å². The Morgan fingerprint density at radius 2 is 1.56 bits per heavy atom. The van der Waals surface area contributed by atoms with Crippen LogP contribution in [0.5, 0.6) is 0 Å². The summed E-state index contributed by atoms with van der Waals surface area (Å²) < 4.78 is 26.7. The lowest BCUT2D eigenvalue weighted by atomic mass is 9.96. The fraction of sp³-hybridized carbons (Fsp3) is 0.316. The number of sulfonamides is 1. The zero-order valence-electron chi connectivity index (χ0n) is 14.7. The van der Waals surface area contributed by atoms with E-state index < -0.39 is 21.8 Å². The lowest BCUT2D eigenvalue weighted by molar-refractivity contribution is -0.120. The quantitative estimate of drug-likeness (QED) is 0.775. The fourth-order valence-corrected chi connectivity index (χ4v) is 3.55. The van der Waals surface area contributed by atoms with Gasteiger partial charge in [0.2, 0.25) is 5.91 Å². The van der Waals surface area contributed by atoms with E-state index in [-0.39, 0.29) is 4.90 Å². The number of nitrogen functional groups attached to an aromatic ring is 1. The average molecular weight is 360 g/mol. The van der Waals surface area contributed by atoms with Gasteiger partial charge in [0.15, 0.2) is 0 Å². The molecule has 0 saturated heterocycles. The molecule has 0 radical (unpaired) electrons. The molecule has 1 amide bonds. The summed E-state index contributed by atoms with van der Waals surface area (Å²) in [6.07, 6.45) is 0.965. The Hall–Kier alpha value is -2.34. The van der Waals surface area contributed by atoms with Crippen LogP contribution in [0.1, 0.15) is 37.8 Å². The van der Waals surface area contributed by atoms with Crippen LogP contribution in [0.4, 0.5) is 5.69 Å². The van der Waals surface area contributed by atoms with E-state index in [0.29, 0.717) is 11.6 Å². The summed E-state index contributed by atoms with van der Waals surface area (Å²) in [5, 5.41) is 0. The highest BCUT2D eigenvalue weighted by molar-refractivity contribution is 7.90. The van der Waals surface area contributed by atoms with Crippen molar-refractivity contribution < 1.29 is 13.2 Å². The highest BCUT2D eigenvalue weighted by Crippen LogP contribution is 2.19. The smallest absolute Gasteiger partial charge is 0.264 e. The number of benzene rings is 2. The largest absolute Gasteiger partial charge is 0.399 e. The van der Waals surface area contributed by atoms with Gasteiger partial charge in [0.1, 0.15) is 0 Å². The number of hydrogen-bond acceptors (Lipinski definition) is 4. The minimum Gasteiger partial charge on any atom is -0.399 e. The van der Waals surface area contributed by atoms with Crippen LogP contribution in [0.15, 0.2) is 53.4 Å². The Bertz CT molecular complexity index is 826. The number of amides is 1. The summed E-state index contributed by atoms with van der Waals surface area (Å²) in [5.41, 5.74) is 7.98. The van der Waals surface area contributed by atoms with Gasteiger partial charge in [0, 0.05) is 5.69 Å². The molecule has 3 N–H and O–H groups in total. The highest BCUT2D eigenvalue weighted by atomic mass is 32.2. The molecule has 2 aromatic carbocycles. The minimum absolute atomic E-state index is 0.00883. The molecule has 0 aliphatic heterocycles. The first kappa shape index (κ1) is 19.0. The number of nitrogens with two attached hydrogens (primary N) is 1. The van der Waals surface area contributed by atoms with Gasteiger partial charge in [-0.3, -0.25) is 4.79 Å². The monoisotopic (exact) mass is 360 g/mol. The van der Waals surface area contributed by atoms with Crippen LogP contribution in [-0.4, -0.2) is 14.3 Å². The van der Waals surface area contributed by atoms with Crippen molar-refractivity contribution >= 4 is 21.6 Å². The third-order valence-electron chi connectivity index (χ3n) is 3.94. The van der Waals surface area contributed by atoms with Gasteiger partial charge in [0.05, 0.1) is 10.8 Å². The predicted octanol–water partition coefficient (Wildman–Crippen LogP) is 3.08. The third-order valence-corrected chi connectivity index (χ3v) is 5.30. The predicted molar refractivity (Wildman–Crippen MR) is 99.6 cm³/mol. The van der Waals surface area contributed by atoms with Gasteiger partial charge in [-0.15, -0.1) is 0 Å². The SMILES string of the molecule is CC(C)Cc1ccc([C@@H](C)C(=O)NS(=O)(=O)c2ccc(N)cc2)cc1. The Morgan fingerprint density at radius 3 is 2.08 bits per heavy atom. The second-order valence-electron chi connectivity index (χ2n) is 6.60. The van der Waals surface area contributed by atoms with Crippen molar-refractivity contribution in [3.05, 3.63) is 59.7 Å². The number of hydrogen-bond donors (Lipinski definition) is 2. The number of carbonyl (C=O) groups is 1. The summed E-state index contributed by atoms with van der Waals surface area (Å²) in [5.74, 6) is -0.582. The third kappa shape index (κ3) is 5.06. The second-order valence-corrected chi connectivity index (χ2v) is 8.28. The summed E-state index contributed by atoms with van der Waals surface area (Å²) in [7, 11) is -3.91. The van der Waals surface area contributed by atoms with Gasteiger partial charge in [0.25, 0.3) is 10.0 Å². The van der Waals surface area contributed by atoms with Crippen molar-refractivity contribution in [2.75, 3.05) is 5.73 Å². The van der Waals surface area contributed by atoms with Crippen molar-refractivity contribution in [2.45, 2.75) is 38.0 Å². The maximum Gasteiger partial charge on any atom is 0.264 e. The van der Waals surface area contributed by atoms with Gasteiger partial charge >= 0.3 is 0 Å². The van der Waals surface area contributed by atoms with Gasteiger partial charge in [-0.2, -0.15) is 0 Å². The van der Waals surface area contributed by atoms with Crippen LogP contribution in [0.3, 0.4) is 0 Å². The van der Waals surface area contributed by atoms with Crippen LogP contribution in [0.25, 0.3) is 0 Å². The van der Waals surface area contributed by atoms with E-state index in [1.165, 1.54) is 29.8 Å². The van der Waals surface area contributed by atoms with Gasteiger partial charge < -0.3 is 5.73 Å². The van der Waals surface area contributed by atoms with Crippen molar-refractivity contribution in [1.82, 2.24) is 4.72 Å². The van der Waals surface area contributed by atoms with Crippen molar-refractivity contribution in [3.63, 3.8) is 0 Å². The molecule has 6 heteroatoms. The number of rotatable bonds is 6. The zero-order valence-corrected chi connectivity index (χ0v) is 15.5. The molecule has 1 atom stereocenters. The first-order chi connectivity index (χ1) is 11.7. The molecule has 0 aliphatic rings. The standard InChI is InChI=1S/C19H24N2O3S/c1-13(2)12-15-4-6-16(7-5-15)14(3)19(22)21-25(23,24)18-10-8-17(20)9-11-18/h4-11,13-14H,12,20H2,1-3H3,(H,21,22)/t14-/m1/s1. The van der Waals surface area contributed by atoms with Crippen molar-refractivity contribution in [1.29, 1.82) is 0 Å². The topological polar surface area (TPSA) is 89.3 Å². The molecule has 25 heavy (non-hydrogen) atoms. The Balaban J connectivity index is 2.10. The molecule has 2 rings (SSSR count). The van der Waals surface area contributed by atoms with Gasteiger partial charge in [-0.05, 0) is 54.7 Å². The Morgan fingerprint density at radius 1 is 1.00 bits per heavy atom. The lowest BCUT2D eigenvalue weighted by Gasteiger charge is -2.14. The lowest BCUT2D eigenvalue weighted by Crippen LogP contribution is -2.33. The number of carbonyl (C=O) groups excluding carboxylic acids is 1. The van der Waals surface area contributed by atoms with E-state index in [9.17, 15) is 13.2 Å². The average Bonchev–Trinajstić information content (AvgIpc) is 2.54. The molecule has 0 heterocycles. The summed E-state index contributed by atoms with van der Waals surface area (Å²) in [6, 6.07) is 13.4. The highest BCUT2D eigenvalue weighted by Gasteiger charge is 2.22. The maximum atomic E-state index is 12.3. The maximum absolute atomic E-state index is 12.3. The Labute approximate surface area is 149 Å². The summed E-state index contributed by atoms with van der Waals surface area (Å²) in [4.78, 5) is 12.4. The number of nitrogens with one attached hydrogen (secondary N) is 1. The van der Waals surface area contributed by atoms with E-state index in [2.05, 4.69) is 18.6 Å². The van der Waals surface area contributed by atoms with Crippen LogP contribution < -0.4 is 10.5 Å². The molecule has 0 saturated carbocycles.